The Kier molecular flexibility index (Phi) is 9.81. The maximum Gasteiger partial charge on any atom is 0.337 e. The number of ether oxygens (including phenoxy) is 2. The van der Waals surface area contributed by atoms with Crippen molar-refractivity contribution >= 4 is 17.8 Å². The first-order chi connectivity index (χ1) is 20.0. The van der Waals surface area contributed by atoms with Gasteiger partial charge in [0, 0.05) is 26.6 Å². The fraction of sp³-hybridized carbons (Fsp3) is 0.382. The van der Waals surface area contributed by atoms with Crippen LogP contribution < -0.4 is 5.73 Å². The molecule has 2 amide bonds. The normalized spacial score (nSPS) is 16.2. The molecule has 0 saturated heterocycles. The van der Waals surface area contributed by atoms with E-state index in [-0.39, 0.29) is 25.0 Å². The predicted molar refractivity (Wildman–Crippen MR) is 161 cm³/mol. The molecule has 0 aromatic heterocycles. The van der Waals surface area contributed by atoms with Crippen molar-refractivity contribution in [1.29, 1.82) is 0 Å². The van der Waals surface area contributed by atoms with Crippen LogP contribution in [0.2, 0.25) is 0 Å². The summed E-state index contributed by atoms with van der Waals surface area (Å²) < 4.78 is 10.5. The molecule has 0 spiro atoms. The minimum Gasteiger partial charge on any atom is -0.465 e. The zero-order valence-corrected chi connectivity index (χ0v) is 25.1. The van der Waals surface area contributed by atoms with Gasteiger partial charge in [0.25, 0.3) is 0 Å². The highest BCUT2D eigenvalue weighted by Crippen LogP contribution is 2.31. The van der Waals surface area contributed by atoms with Crippen molar-refractivity contribution < 1.29 is 23.9 Å². The first kappa shape index (κ1) is 30.9. The van der Waals surface area contributed by atoms with Crippen molar-refractivity contribution in [1.82, 2.24) is 9.80 Å². The molecule has 0 fully saturated rings. The number of hydrogen-bond acceptors (Lipinski definition) is 6. The van der Waals surface area contributed by atoms with E-state index in [0.717, 1.165) is 22.3 Å². The molecular formula is C34H41N3O5. The number of rotatable bonds is 9. The van der Waals surface area contributed by atoms with Crippen LogP contribution in [0.5, 0.6) is 0 Å². The number of benzene rings is 3. The Morgan fingerprint density at radius 3 is 2.14 bits per heavy atom. The van der Waals surface area contributed by atoms with Crippen molar-refractivity contribution in [3.63, 3.8) is 0 Å². The van der Waals surface area contributed by atoms with E-state index in [0.29, 0.717) is 18.5 Å². The Balaban J connectivity index is 1.77. The number of amides is 2. The molecule has 222 valence electrons. The van der Waals surface area contributed by atoms with Crippen LogP contribution in [0, 0.1) is 5.41 Å². The number of nitrogens with two attached hydrogens (primary N) is 1. The number of fused-ring (bicyclic) bond motifs is 1. The fourth-order valence-corrected chi connectivity index (χ4v) is 5.32. The number of nitrogens with zero attached hydrogens (tertiary/aromatic N) is 2. The van der Waals surface area contributed by atoms with Gasteiger partial charge in [-0.3, -0.25) is 9.59 Å². The smallest absolute Gasteiger partial charge is 0.337 e. The molecule has 0 radical (unpaired) electrons. The second-order valence-electron chi connectivity index (χ2n) is 11.8. The van der Waals surface area contributed by atoms with Crippen molar-refractivity contribution in [2.75, 3.05) is 20.8 Å². The second-order valence-corrected chi connectivity index (χ2v) is 11.8. The van der Waals surface area contributed by atoms with Gasteiger partial charge in [0.1, 0.15) is 6.04 Å². The van der Waals surface area contributed by atoms with Crippen LogP contribution in [0.4, 0.5) is 0 Å². The first-order valence-corrected chi connectivity index (χ1v) is 14.2. The standard InChI is InChI=1S/C34H41N3O5/c1-34(2,3)30(35)32(39)37-21-27-14-10-9-13-26(27)19-28(37)31(38)36(29(22-41-4)24-11-7-6-8-12-24)20-23-15-17-25(18-16-23)33(40)42-5/h6-18,28-30H,19-22,35H2,1-5H3/t28?,29-,30?/m0/s1. The molecule has 0 bridgehead atoms. The summed E-state index contributed by atoms with van der Waals surface area (Å²) in [5.74, 6) is -0.871. The summed E-state index contributed by atoms with van der Waals surface area (Å²) in [4.78, 5) is 44.1. The highest BCUT2D eigenvalue weighted by molar-refractivity contribution is 5.91. The largest absolute Gasteiger partial charge is 0.465 e. The van der Waals surface area contributed by atoms with E-state index in [4.69, 9.17) is 15.2 Å². The molecule has 0 saturated carbocycles. The Morgan fingerprint density at radius 1 is 0.929 bits per heavy atom. The summed E-state index contributed by atoms with van der Waals surface area (Å²) >= 11 is 0. The number of esters is 1. The average molecular weight is 572 g/mol. The van der Waals surface area contributed by atoms with E-state index in [1.807, 2.05) is 87.5 Å². The minimum atomic E-state index is -0.777. The zero-order chi connectivity index (χ0) is 30.4. The molecule has 1 aliphatic heterocycles. The number of methoxy groups -OCH3 is 2. The molecule has 1 aliphatic rings. The molecule has 3 aromatic rings. The molecule has 8 nitrogen and oxygen atoms in total. The lowest BCUT2D eigenvalue weighted by molar-refractivity contribution is -0.151. The molecule has 42 heavy (non-hydrogen) atoms. The highest BCUT2D eigenvalue weighted by Gasteiger charge is 2.42. The first-order valence-electron chi connectivity index (χ1n) is 14.2. The topological polar surface area (TPSA) is 102 Å². The maximum atomic E-state index is 14.8. The van der Waals surface area contributed by atoms with E-state index in [2.05, 4.69) is 0 Å². The van der Waals surface area contributed by atoms with Gasteiger partial charge >= 0.3 is 5.97 Å². The third-order valence-corrected chi connectivity index (χ3v) is 7.91. The van der Waals surface area contributed by atoms with Gasteiger partial charge in [-0.2, -0.15) is 0 Å². The average Bonchev–Trinajstić information content (AvgIpc) is 3.00. The Morgan fingerprint density at radius 2 is 1.55 bits per heavy atom. The predicted octanol–water partition coefficient (Wildman–Crippen LogP) is 4.52. The highest BCUT2D eigenvalue weighted by atomic mass is 16.5. The molecule has 2 N–H and O–H groups in total. The molecule has 8 heteroatoms. The van der Waals surface area contributed by atoms with Crippen LogP contribution in [-0.4, -0.2) is 60.5 Å². The van der Waals surface area contributed by atoms with E-state index >= 15 is 0 Å². The van der Waals surface area contributed by atoms with Crippen LogP contribution in [0.3, 0.4) is 0 Å². The van der Waals surface area contributed by atoms with Gasteiger partial charge < -0.3 is 25.0 Å². The number of hydrogen-bond donors (Lipinski definition) is 1. The maximum absolute atomic E-state index is 14.8. The summed E-state index contributed by atoms with van der Waals surface area (Å²) in [6.07, 6.45) is 0.379. The SMILES string of the molecule is COC[C@@H](c1ccccc1)N(Cc1ccc(C(=O)OC)cc1)C(=O)C1Cc2ccccc2CN1C(=O)C(N)C(C)(C)C. The Labute approximate surface area is 248 Å². The molecule has 4 rings (SSSR count). The summed E-state index contributed by atoms with van der Waals surface area (Å²) in [6, 6.07) is 22.7. The van der Waals surface area contributed by atoms with E-state index in [9.17, 15) is 14.4 Å². The van der Waals surface area contributed by atoms with Gasteiger partial charge in [-0.15, -0.1) is 0 Å². The van der Waals surface area contributed by atoms with Crippen LogP contribution in [0.25, 0.3) is 0 Å². The Hall–Kier alpha value is -4.01. The Bertz CT molecular complexity index is 1380. The van der Waals surface area contributed by atoms with Crippen molar-refractivity contribution in [2.24, 2.45) is 11.1 Å². The summed E-state index contributed by atoms with van der Waals surface area (Å²) in [5.41, 5.74) is 10.2. The van der Waals surface area contributed by atoms with Crippen molar-refractivity contribution in [2.45, 2.75) is 58.4 Å². The molecule has 3 aromatic carbocycles. The molecule has 3 atom stereocenters. The summed E-state index contributed by atoms with van der Waals surface area (Å²) in [6.45, 7) is 6.59. The van der Waals surface area contributed by atoms with E-state index in [1.165, 1.54) is 7.11 Å². The second kappa shape index (κ2) is 13.3. The van der Waals surface area contributed by atoms with Gasteiger partial charge in [0.15, 0.2) is 0 Å². The quantitative estimate of drug-likeness (QED) is 0.379. The lowest BCUT2D eigenvalue weighted by Gasteiger charge is -2.43. The van der Waals surface area contributed by atoms with Crippen LogP contribution in [0.1, 0.15) is 59.4 Å². The molecule has 2 unspecified atom stereocenters. The van der Waals surface area contributed by atoms with Crippen LogP contribution >= 0.6 is 0 Å². The third kappa shape index (κ3) is 6.89. The molecular weight excluding hydrogens is 530 g/mol. The van der Waals surface area contributed by atoms with Gasteiger partial charge in [0.2, 0.25) is 11.8 Å². The van der Waals surface area contributed by atoms with Crippen molar-refractivity contribution in [3.8, 4) is 0 Å². The number of carbonyl (C=O) groups excluding carboxylic acids is 3. The lowest BCUT2D eigenvalue weighted by atomic mass is 9.84. The van der Waals surface area contributed by atoms with Crippen LogP contribution in [-0.2, 0) is 38.6 Å². The molecule has 0 aliphatic carbocycles. The monoisotopic (exact) mass is 571 g/mol. The summed E-state index contributed by atoms with van der Waals surface area (Å²) in [5, 5.41) is 0. The summed E-state index contributed by atoms with van der Waals surface area (Å²) in [7, 11) is 2.95. The van der Waals surface area contributed by atoms with Crippen LogP contribution in [0.15, 0.2) is 78.9 Å². The van der Waals surface area contributed by atoms with Gasteiger partial charge in [0.05, 0.1) is 31.4 Å². The number of carbonyl (C=O) groups is 3. The van der Waals surface area contributed by atoms with E-state index in [1.54, 1.807) is 29.0 Å². The third-order valence-electron chi connectivity index (χ3n) is 7.91. The lowest BCUT2D eigenvalue weighted by Crippen LogP contribution is -2.59. The minimum absolute atomic E-state index is 0.193. The zero-order valence-electron chi connectivity index (χ0n) is 25.1. The van der Waals surface area contributed by atoms with Gasteiger partial charge in [-0.1, -0.05) is 87.5 Å². The van der Waals surface area contributed by atoms with Crippen molar-refractivity contribution in [3.05, 3.63) is 107 Å². The van der Waals surface area contributed by atoms with Gasteiger partial charge in [-0.05, 0) is 39.8 Å². The fourth-order valence-electron chi connectivity index (χ4n) is 5.32. The molecule has 1 heterocycles. The van der Waals surface area contributed by atoms with Gasteiger partial charge in [-0.25, -0.2) is 4.79 Å². The van der Waals surface area contributed by atoms with E-state index < -0.39 is 29.5 Å².